The van der Waals surface area contributed by atoms with E-state index in [0.29, 0.717) is 36.0 Å². The number of fused-ring (bicyclic) bond motifs is 1. The monoisotopic (exact) mass is 470 g/mol. The fourth-order valence-corrected chi connectivity index (χ4v) is 3.97. The molecule has 1 amide bonds. The van der Waals surface area contributed by atoms with Gasteiger partial charge in [0.05, 0.1) is 41.9 Å². The molecule has 0 radical (unpaired) electrons. The molecule has 5 rings (SSSR count). The van der Waals surface area contributed by atoms with Gasteiger partial charge in [0.2, 0.25) is 5.88 Å². The third kappa shape index (κ3) is 3.91. The van der Waals surface area contributed by atoms with Crippen molar-refractivity contribution in [1.29, 1.82) is 0 Å². The first-order valence-corrected chi connectivity index (χ1v) is 10.7. The number of carbonyl (C=O) groups excluding carboxylic acids is 1. The number of hydrogen-bond acceptors (Lipinski definition) is 6. The highest BCUT2D eigenvalue weighted by atomic mass is 35.5. The lowest BCUT2D eigenvalue weighted by molar-refractivity contribution is 0.0963. The van der Waals surface area contributed by atoms with Crippen molar-refractivity contribution >= 4 is 23.2 Å². The molecule has 1 saturated heterocycles. The second-order valence-electron chi connectivity index (χ2n) is 7.68. The summed E-state index contributed by atoms with van der Waals surface area (Å²) in [4.78, 5) is 16.6. The van der Waals surface area contributed by atoms with Gasteiger partial charge in [-0.05, 0) is 18.2 Å². The Morgan fingerprint density at radius 2 is 2.15 bits per heavy atom. The lowest BCUT2D eigenvalue weighted by atomic mass is 10.1. The smallest absolute Gasteiger partial charge is 0.251 e. The van der Waals surface area contributed by atoms with Crippen molar-refractivity contribution in [3.05, 3.63) is 53.2 Å². The zero-order valence-electron chi connectivity index (χ0n) is 17.9. The van der Waals surface area contributed by atoms with E-state index in [-0.39, 0.29) is 28.2 Å². The van der Waals surface area contributed by atoms with Gasteiger partial charge in [0.15, 0.2) is 11.5 Å². The van der Waals surface area contributed by atoms with Crippen LogP contribution in [-0.2, 0) is 11.8 Å². The normalized spacial score (nSPS) is 15.8. The summed E-state index contributed by atoms with van der Waals surface area (Å²) in [6.45, 7) is 1.07. The highest BCUT2D eigenvalue weighted by Crippen LogP contribution is 2.34. The number of aryl methyl sites for hydroxylation is 1. The highest BCUT2D eigenvalue weighted by Gasteiger charge is 2.24. The van der Waals surface area contributed by atoms with Crippen LogP contribution in [0.15, 0.2) is 36.8 Å². The van der Waals surface area contributed by atoms with E-state index >= 15 is 4.39 Å². The van der Waals surface area contributed by atoms with E-state index in [2.05, 4.69) is 20.5 Å². The average Bonchev–Trinajstić information content (AvgIpc) is 3.56. The summed E-state index contributed by atoms with van der Waals surface area (Å²) >= 11 is 6.09. The van der Waals surface area contributed by atoms with E-state index in [1.807, 2.05) is 13.2 Å². The van der Waals surface area contributed by atoms with Crippen LogP contribution in [0.4, 0.5) is 4.39 Å². The average molecular weight is 471 g/mol. The van der Waals surface area contributed by atoms with Gasteiger partial charge in [0.25, 0.3) is 5.91 Å². The Morgan fingerprint density at radius 1 is 1.30 bits per heavy atom. The summed E-state index contributed by atoms with van der Waals surface area (Å²) in [7, 11) is 3.31. The Labute approximate surface area is 193 Å². The standard InChI is InChI=1S/C22H20ClFN6O3/c1-25-21(31)12-5-16(20(24)17(23)6-12)18-9-26-19-7-15(13-8-27-29(2)10-13)22(28-30(18)19)33-14-3-4-32-11-14/h5-10,14H,3-4,11H2,1-2H3,(H,25,31)/t14-/m0/s1. The SMILES string of the molecule is CNC(=O)c1cc(Cl)c(F)c(-c2cnc3cc(-c4cnn(C)c4)c(O[C@H]4CCOC4)nn23)c1. The maximum absolute atomic E-state index is 15.0. The third-order valence-electron chi connectivity index (χ3n) is 5.43. The van der Waals surface area contributed by atoms with Crippen LogP contribution >= 0.6 is 11.6 Å². The molecular weight excluding hydrogens is 451 g/mol. The number of halogens is 2. The zero-order valence-corrected chi connectivity index (χ0v) is 18.6. The minimum atomic E-state index is -0.670. The molecule has 1 fully saturated rings. The molecule has 33 heavy (non-hydrogen) atoms. The van der Waals surface area contributed by atoms with E-state index in [9.17, 15) is 4.79 Å². The Kier molecular flexibility index (Phi) is 5.47. The van der Waals surface area contributed by atoms with E-state index in [1.54, 1.807) is 16.9 Å². The molecule has 0 saturated carbocycles. The molecule has 9 nitrogen and oxygen atoms in total. The predicted octanol–water partition coefficient (Wildman–Crippen LogP) is 3.12. The van der Waals surface area contributed by atoms with Crippen molar-refractivity contribution in [3.63, 3.8) is 0 Å². The quantitative estimate of drug-likeness (QED) is 0.481. The summed E-state index contributed by atoms with van der Waals surface area (Å²) < 4.78 is 29.8. The summed E-state index contributed by atoms with van der Waals surface area (Å²) in [5, 5.41) is 11.2. The maximum atomic E-state index is 15.0. The van der Waals surface area contributed by atoms with Gasteiger partial charge in [0, 0.05) is 43.4 Å². The number of nitrogens with zero attached hydrogens (tertiary/aromatic N) is 5. The lowest BCUT2D eigenvalue weighted by Gasteiger charge is -2.15. The van der Waals surface area contributed by atoms with Crippen molar-refractivity contribution in [2.75, 3.05) is 20.3 Å². The number of amides is 1. The van der Waals surface area contributed by atoms with Gasteiger partial charge < -0.3 is 14.8 Å². The Bertz CT molecular complexity index is 1360. The van der Waals surface area contributed by atoms with Crippen molar-refractivity contribution in [2.24, 2.45) is 7.05 Å². The van der Waals surface area contributed by atoms with Crippen molar-refractivity contribution in [1.82, 2.24) is 29.7 Å². The first-order valence-electron chi connectivity index (χ1n) is 10.3. The van der Waals surface area contributed by atoms with E-state index in [1.165, 1.54) is 29.9 Å². The van der Waals surface area contributed by atoms with E-state index in [0.717, 1.165) is 12.0 Å². The highest BCUT2D eigenvalue weighted by molar-refractivity contribution is 6.31. The summed E-state index contributed by atoms with van der Waals surface area (Å²) in [5.74, 6) is -0.709. The molecule has 3 aromatic heterocycles. The molecule has 11 heteroatoms. The zero-order chi connectivity index (χ0) is 23.1. The summed E-state index contributed by atoms with van der Waals surface area (Å²) in [6.07, 6.45) is 5.63. The molecule has 170 valence electrons. The fraction of sp³-hybridized carbons (Fsp3) is 0.273. The van der Waals surface area contributed by atoms with Crippen molar-refractivity contribution in [2.45, 2.75) is 12.5 Å². The van der Waals surface area contributed by atoms with Crippen LogP contribution in [0.3, 0.4) is 0 Å². The van der Waals surface area contributed by atoms with E-state index in [4.69, 9.17) is 21.1 Å². The topological polar surface area (TPSA) is 95.6 Å². The molecular formula is C22H20ClFN6O3. The van der Waals surface area contributed by atoms with Crippen molar-refractivity contribution in [3.8, 4) is 28.3 Å². The first kappa shape index (κ1) is 21.4. The number of ether oxygens (including phenoxy) is 2. The number of imidazole rings is 1. The number of rotatable bonds is 5. The van der Waals surface area contributed by atoms with Crippen LogP contribution in [0, 0.1) is 5.82 Å². The second kappa shape index (κ2) is 8.45. The first-order chi connectivity index (χ1) is 15.9. The minimum absolute atomic E-state index is 0.102. The molecule has 0 bridgehead atoms. The van der Waals surface area contributed by atoms with Crippen LogP contribution in [0.5, 0.6) is 5.88 Å². The predicted molar refractivity (Wildman–Crippen MR) is 119 cm³/mol. The fourth-order valence-electron chi connectivity index (χ4n) is 3.75. The van der Waals surface area contributed by atoms with Gasteiger partial charge >= 0.3 is 0 Å². The van der Waals surface area contributed by atoms with Gasteiger partial charge in [-0.3, -0.25) is 9.48 Å². The molecule has 1 aliphatic heterocycles. The van der Waals surface area contributed by atoms with Gasteiger partial charge in [-0.2, -0.15) is 5.10 Å². The number of hydrogen-bond donors (Lipinski definition) is 1. The molecule has 1 N–H and O–H groups in total. The van der Waals surface area contributed by atoms with Gasteiger partial charge in [-0.25, -0.2) is 13.9 Å². The molecule has 1 aliphatic rings. The molecule has 0 unspecified atom stereocenters. The van der Waals surface area contributed by atoms with Gasteiger partial charge in [-0.1, -0.05) is 11.6 Å². The molecule has 4 aromatic rings. The Morgan fingerprint density at radius 3 is 2.85 bits per heavy atom. The lowest BCUT2D eigenvalue weighted by Crippen LogP contribution is -2.18. The molecule has 4 heterocycles. The van der Waals surface area contributed by atoms with Gasteiger partial charge in [-0.15, -0.1) is 5.10 Å². The summed E-state index contributed by atoms with van der Waals surface area (Å²) in [6, 6.07) is 4.51. The minimum Gasteiger partial charge on any atom is -0.470 e. The van der Waals surface area contributed by atoms with Crippen LogP contribution in [0.2, 0.25) is 5.02 Å². The molecule has 1 aromatic carbocycles. The molecule has 0 aliphatic carbocycles. The second-order valence-corrected chi connectivity index (χ2v) is 8.09. The van der Waals surface area contributed by atoms with Crippen LogP contribution in [0.1, 0.15) is 16.8 Å². The largest absolute Gasteiger partial charge is 0.470 e. The van der Waals surface area contributed by atoms with Crippen molar-refractivity contribution < 1.29 is 18.7 Å². The molecule has 1 atom stereocenters. The third-order valence-corrected chi connectivity index (χ3v) is 5.71. The van der Waals surface area contributed by atoms with E-state index < -0.39 is 5.82 Å². The molecule has 0 spiro atoms. The van der Waals surface area contributed by atoms with Crippen LogP contribution in [-0.4, -0.2) is 56.7 Å². The Balaban J connectivity index is 1.68. The van der Waals surface area contributed by atoms with Crippen LogP contribution < -0.4 is 10.1 Å². The Hall–Kier alpha value is -3.50. The number of benzene rings is 1. The summed E-state index contributed by atoms with van der Waals surface area (Å²) in [5.41, 5.74) is 2.64. The number of carbonyl (C=O) groups is 1. The maximum Gasteiger partial charge on any atom is 0.251 e. The van der Waals surface area contributed by atoms with Crippen LogP contribution in [0.25, 0.3) is 28.0 Å². The van der Waals surface area contributed by atoms with Gasteiger partial charge in [0.1, 0.15) is 6.10 Å². The number of nitrogens with one attached hydrogen (secondary N) is 1. The number of aromatic nitrogens is 5.